The zero-order valence-corrected chi connectivity index (χ0v) is 20.0. The van der Waals surface area contributed by atoms with Crippen molar-refractivity contribution in [1.29, 1.82) is 0 Å². The van der Waals surface area contributed by atoms with Gasteiger partial charge in [-0.1, -0.05) is 11.6 Å². The average molecular weight is 476 g/mol. The summed E-state index contributed by atoms with van der Waals surface area (Å²) >= 11 is 6.12. The Bertz CT molecular complexity index is 1170. The second-order valence-corrected chi connectivity index (χ2v) is 9.25. The molecule has 8 heteroatoms. The summed E-state index contributed by atoms with van der Waals surface area (Å²) in [6, 6.07) is 12.6. The van der Waals surface area contributed by atoms with E-state index in [9.17, 15) is 0 Å². The first kappa shape index (κ1) is 22.8. The summed E-state index contributed by atoms with van der Waals surface area (Å²) in [4.78, 5) is 21.4. The maximum Gasteiger partial charge on any atom is 0.120 e. The molecule has 0 aliphatic carbocycles. The number of pyridine rings is 2. The van der Waals surface area contributed by atoms with Crippen LogP contribution in [0.1, 0.15) is 24.2 Å². The van der Waals surface area contributed by atoms with Gasteiger partial charge in [0.25, 0.3) is 0 Å². The van der Waals surface area contributed by atoms with E-state index in [1.165, 1.54) is 5.56 Å². The maximum atomic E-state index is 6.12. The number of likely N-dealkylation sites (tertiary alicyclic amines) is 1. The van der Waals surface area contributed by atoms with Gasteiger partial charge in [-0.25, -0.2) is 4.98 Å². The monoisotopic (exact) mass is 475 g/mol. The van der Waals surface area contributed by atoms with E-state index in [-0.39, 0.29) is 0 Å². The highest BCUT2D eigenvalue weighted by Gasteiger charge is 2.25. The highest BCUT2D eigenvalue weighted by atomic mass is 35.5. The van der Waals surface area contributed by atoms with Gasteiger partial charge in [0.15, 0.2) is 0 Å². The van der Waals surface area contributed by atoms with Gasteiger partial charge in [0.2, 0.25) is 0 Å². The lowest BCUT2D eigenvalue weighted by molar-refractivity contribution is 0.0965. The number of nitrogens with zero attached hydrogens (tertiary/aromatic N) is 5. The van der Waals surface area contributed by atoms with E-state index < -0.39 is 0 Å². The largest absolute Gasteiger partial charge is 0.383 e. The topological polar surface area (TPSA) is 73.0 Å². The van der Waals surface area contributed by atoms with Crippen LogP contribution in [0, 0.1) is 0 Å². The molecule has 1 fully saturated rings. The van der Waals surface area contributed by atoms with Crippen molar-refractivity contribution in [2.24, 2.45) is 0 Å². The van der Waals surface area contributed by atoms with E-state index in [1.54, 1.807) is 0 Å². The lowest BCUT2D eigenvalue weighted by Crippen LogP contribution is -2.45. The number of H-pyrrole nitrogens is 1. The Hall–Kier alpha value is -3.00. The third kappa shape index (κ3) is 5.73. The number of aromatic amines is 1. The molecule has 5 rings (SSSR count). The molecule has 2 N–H and O–H groups in total. The van der Waals surface area contributed by atoms with Crippen LogP contribution in [-0.2, 0) is 13.1 Å². The second kappa shape index (κ2) is 11.0. The van der Waals surface area contributed by atoms with E-state index >= 15 is 0 Å². The summed E-state index contributed by atoms with van der Waals surface area (Å²) in [5.74, 6) is 1.02. The van der Waals surface area contributed by atoms with E-state index in [1.807, 2.05) is 55.2 Å². The minimum Gasteiger partial charge on any atom is -0.383 e. The minimum absolute atomic E-state index is 0.538. The number of imidazole rings is 1. The molecule has 1 aromatic carbocycles. The van der Waals surface area contributed by atoms with Gasteiger partial charge in [-0.3, -0.25) is 14.9 Å². The molecule has 0 unspecified atom stereocenters. The van der Waals surface area contributed by atoms with Gasteiger partial charge in [0.1, 0.15) is 5.82 Å². The summed E-state index contributed by atoms with van der Waals surface area (Å²) in [5.41, 5.74) is 3.32. The predicted octanol–water partition coefficient (Wildman–Crippen LogP) is 4.59. The van der Waals surface area contributed by atoms with Crippen molar-refractivity contribution in [2.75, 3.05) is 31.5 Å². The summed E-state index contributed by atoms with van der Waals surface area (Å²) in [7, 11) is 0. The van der Waals surface area contributed by atoms with Crippen molar-refractivity contribution in [3.05, 3.63) is 83.8 Å². The van der Waals surface area contributed by atoms with Crippen molar-refractivity contribution < 1.29 is 0 Å². The molecule has 34 heavy (non-hydrogen) atoms. The zero-order chi connectivity index (χ0) is 23.2. The van der Waals surface area contributed by atoms with E-state index in [2.05, 4.69) is 47.2 Å². The number of piperidine rings is 1. The number of nitrogens with one attached hydrogen (secondary N) is 2. The van der Waals surface area contributed by atoms with E-state index in [4.69, 9.17) is 11.6 Å². The Morgan fingerprint density at radius 1 is 1.00 bits per heavy atom. The number of rotatable bonds is 9. The van der Waals surface area contributed by atoms with Crippen LogP contribution in [-0.4, -0.2) is 62.0 Å². The number of hydrogen-bond donors (Lipinski definition) is 2. The number of anilines is 1. The molecule has 4 aromatic rings. The third-order valence-corrected chi connectivity index (χ3v) is 6.80. The molecule has 0 spiro atoms. The van der Waals surface area contributed by atoms with Gasteiger partial charge in [0.05, 0.1) is 12.1 Å². The molecule has 7 nitrogen and oxygen atoms in total. The lowest BCUT2D eigenvalue weighted by atomic mass is 10.0. The van der Waals surface area contributed by atoms with Crippen molar-refractivity contribution in [3.63, 3.8) is 0 Å². The number of benzene rings is 1. The van der Waals surface area contributed by atoms with Crippen LogP contribution in [0.3, 0.4) is 0 Å². The van der Waals surface area contributed by atoms with Gasteiger partial charge in [-0.15, -0.1) is 0 Å². The molecule has 176 valence electrons. The fourth-order valence-electron chi connectivity index (χ4n) is 4.75. The molecular weight excluding hydrogens is 446 g/mol. The Kier molecular flexibility index (Phi) is 7.34. The normalized spacial score (nSPS) is 15.2. The lowest BCUT2D eigenvalue weighted by Gasteiger charge is -2.38. The maximum absolute atomic E-state index is 6.12. The van der Waals surface area contributed by atoms with Crippen LogP contribution in [0.25, 0.3) is 10.9 Å². The Labute approximate surface area is 205 Å². The standard InChI is InChI=1S/C26H30ClN7/c27-21-1-2-23-24(5-10-29-25(23)17-21)30-13-16-33-14-6-22(7-15-33)34(19-26-31-11-12-32-26)18-20-3-8-28-9-4-20/h1-5,8-12,17,22H,6-7,13-16,18-19H2,(H,29,30)(H,31,32). The van der Waals surface area contributed by atoms with Crippen LogP contribution >= 0.6 is 11.6 Å². The summed E-state index contributed by atoms with van der Waals surface area (Å²) in [5, 5.41) is 5.42. The number of fused-ring (bicyclic) bond motifs is 1. The average Bonchev–Trinajstić information content (AvgIpc) is 3.38. The van der Waals surface area contributed by atoms with Crippen LogP contribution in [0.5, 0.6) is 0 Å². The second-order valence-electron chi connectivity index (χ2n) is 8.82. The molecule has 0 bridgehead atoms. The molecule has 3 aromatic heterocycles. The number of hydrogen-bond acceptors (Lipinski definition) is 6. The summed E-state index contributed by atoms with van der Waals surface area (Å²) in [6.07, 6.45) is 11.6. The Morgan fingerprint density at radius 2 is 1.85 bits per heavy atom. The molecule has 0 radical (unpaired) electrons. The van der Waals surface area contributed by atoms with E-state index in [0.29, 0.717) is 11.1 Å². The highest BCUT2D eigenvalue weighted by Crippen LogP contribution is 2.25. The Morgan fingerprint density at radius 3 is 2.65 bits per heavy atom. The van der Waals surface area contributed by atoms with E-state index in [0.717, 1.165) is 74.5 Å². The van der Waals surface area contributed by atoms with Crippen LogP contribution in [0.2, 0.25) is 5.02 Å². The summed E-state index contributed by atoms with van der Waals surface area (Å²) < 4.78 is 0. The number of aromatic nitrogens is 4. The molecule has 1 aliphatic heterocycles. The number of halogens is 1. The first-order chi connectivity index (χ1) is 16.7. The van der Waals surface area contributed by atoms with Crippen molar-refractivity contribution >= 4 is 28.2 Å². The first-order valence-corrected chi connectivity index (χ1v) is 12.2. The molecule has 0 saturated carbocycles. The molecular formula is C26H30ClN7. The predicted molar refractivity (Wildman–Crippen MR) is 137 cm³/mol. The van der Waals surface area contributed by atoms with Crippen molar-refractivity contribution in [2.45, 2.75) is 32.0 Å². The molecule has 1 saturated heterocycles. The van der Waals surface area contributed by atoms with Crippen LogP contribution in [0.15, 0.2) is 67.4 Å². The van der Waals surface area contributed by atoms with Crippen LogP contribution < -0.4 is 5.32 Å². The minimum atomic E-state index is 0.538. The Balaban J connectivity index is 1.15. The highest BCUT2D eigenvalue weighted by molar-refractivity contribution is 6.31. The van der Waals surface area contributed by atoms with Gasteiger partial charge in [0, 0.05) is 72.8 Å². The smallest absolute Gasteiger partial charge is 0.120 e. The zero-order valence-electron chi connectivity index (χ0n) is 19.2. The van der Waals surface area contributed by atoms with Crippen molar-refractivity contribution in [3.8, 4) is 0 Å². The fraction of sp³-hybridized carbons (Fsp3) is 0.346. The van der Waals surface area contributed by atoms with Gasteiger partial charge in [-0.2, -0.15) is 0 Å². The fourth-order valence-corrected chi connectivity index (χ4v) is 4.91. The molecule has 4 heterocycles. The quantitative estimate of drug-likeness (QED) is 0.369. The van der Waals surface area contributed by atoms with Crippen molar-refractivity contribution in [1.82, 2.24) is 29.7 Å². The SMILES string of the molecule is Clc1ccc2c(NCCN3CCC(N(Cc4ccncc4)Cc4ncc[nH]4)CC3)ccnc2c1. The molecule has 0 atom stereocenters. The first-order valence-electron chi connectivity index (χ1n) is 11.9. The van der Waals surface area contributed by atoms with Gasteiger partial charge < -0.3 is 15.2 Å². The molecule has 0 amide bonds. The third-order valence-electron chi connectivity index (χ3n) is 6.56. The molecule has 1 aliphatic rings. The van der Waals surface area contributed by atoms with Crippen LogP contribution in [0.4, 0.5) is 5.69 Å². The van der Waals surface area contributed by atoms with Gasteiger partial charge >= 0.3 is 0 Å². The van der Waals surface area contributed by atoms with Gasteiger partial charge in [-0.05, 0) is 67.9 Å². The summed E-state index contributed by atoms with van der Waals surface area (Å²) in [6.45, 7) is 5.87.